The summed E-state index contributed by atoms with van der Waals surface area (Å²) in [6.07, 6.45) is 2.84. The molecule has 0 atom stereocenters. The van der Waals surface area contributed by atoms with Gasteiger partial charge in [0.25, 0.3) is 5.91 Å². The first kappa shape index (κ1) is 24.8. The average molecular weight is 473 g/mol. The number of carbonyl (C=O) groups excluding carboxylic acids is 1. The van der Waals surface area contributed by atoms with E-state index in [2.05, 4.69) is 12.2 Å². The Morgan fingerprint density at radius 3 is 2.58 bits per heavy atom. The van der Waals surface area contributed by atoms with Gasteiger partial charge in [0.15, 0.2) is 5.76 Å². The second kappa shape index (κ2) is 10.9. The molecular weight excluding hydrogens is 440 g/mol. The van der Waals surface area contributed by atoms with Crippen LogP contribution in [0.2, 0.25) is 0 Å². The number of sulfonamides is 1. The molecule has 178 valence electrons. The van der Waals surface area contributed by atoms with E-state index < -0.39 is 10.0 Å². The zero-order chi connectivity index (χ0) is 24.0. The van der Waals surface area contributed by atoms with Crippen molar-refractivity contribution in [1.29, 1.82) is 0 Å². The van der Waals surface area contributed by atoms with Crippen molar-refractivity contribution in [2.45, 2.75) is 51.5 Å². The lowest BCUT2D eigenvalue weighted by Gasteiger charge is -2.20. The number of hydrogen-bond donors (Lipinski definition) is 1. The number of hydrogen-bond acceptors (Lipinski definition) is 5. The Labute approximate surface area is 195 Å². The van der Waals surface area contributed by atoms with Crippen molar-refractivity contribution >= 4 is 26.9 Å². The minimum absolute atomic E-state index is 0.171. The van der Waals surface area contributed by atoms with Crippen LogP contribution in [0, 0.1) is 6.92 Å². The summed E-state index contributed by atoms with van der Waals surface area (Å²) < 4.78 is 39.0. The van der Waals surface area contributed by atoms with Crippen LogP contribution in [-0.4, -0.2) is 38.8 Å². The maximum atomic E-state index is 13.2. The molecule has 0 unspecified atom stereocenters. The standard InChI is InChI=1S/C25H32N2O5S/c1-5-7-10-15-27(6-2)33(29,30)20-13-14-23-21(16-20)18(3)24(32-23)25(28)26-17-19-11-8-9-12-22(19)31-4/h8-9,11-14,16H,5-7,10,15,17H2,1-4H3,(H,26,28). The molecule has 1 heterocycles. The maximum Gasteiger partial charge on any atom is 0.287 e. The minimum Gasteiger partial charge on any atom is -0.496 e. The predicted molar refractivity (Wildman–Crippen MR) is 129 cm³/mol. The fraction of sp³-hybridized carbons (Fsp3) is 0.400. The van der Waals surface area contributed by atoms with Gasteiger partial charge in [-0.3, -0.25) is 4.79 Å². The van der Waals surface area contributed by atoms with Crippen molar-refractivity contribution in [3.05, 3.63) is 59.4 Å². The van der Waals surface area contributed by atoms with Crippen LogP contribution in [0.15, 0.2) is 51.8 Å². The van der Waals surface area contributed by atoms with Gasteiger partial charge in [-0.2, -0.15) is 4.31 Å². The summed E-state index contributed by atoms with van der Waals surface area (Å²) in [4.78, 5) is 13.0. The molecule has 0 saturated carbocycles. The minimum atomic E-state index is -3.63. The number of methoxy groups -OCH3 is 1. The van der Waals surface area contributed by atoms with E-state index in [4.69, 9.17) is 9.15 Å². The number of amides is 1. The first-order valence-electron chi connectivity index (χ1n) is 11.3. The van der Waals surface area contributed by atoms with Gasteiger partial charge < -0.3 is 14.5 Å². The van der Waals surface area contributed by atoms with Gasteiger partial charge in [0, 0.05) is 36.1 Å². The number of nitrogens with zero attached hydrogens (tertiary/aromatic N) is 1. The van der Waals surface area contributed by atoms with E-state index in [1.54, 1.807) is 32.2 Å². The molecular formula is C25H32N2O5S. The number of nitrogens with one attached hydrogen (secondary N) is 1. The normalized spacial score (nSPS) is 11.8. The molecule has 3 aromatic rings. The van der Waals surface area contributed by atoms with E-state index in [-0.39, 0.29) is 23.1 Å². The Morgan fingerprint density at radius 1 is 1.12 bits per heavy atom. The molecule has 3 rings (SSSR count). The molecule has 1 amide bonds. The molecule has 33 heavy (non-hydrogen) atoms. The maximum absolute atomic E-state index is 13.2. The molecule has 0 aliphatic carbocycles. The summed E-state index contributed by atoms with van der Waals surface area (Å²) in [7, 11) is -2.05. The Balaban J connectivity index is 1.84. The fourth-order valence-corrected chi connectivity index (χ4v) is 5.33. The van der Waals surface area contributed by atoms with Gasteiger partial charge in [-0.1, -0.05) is 44.9 Å². The summed E-state index contributed by atoms with van der Waals surface area (Å²) in [5.41, 5.74) is 1.93. The van der Waals surface area contributed by atoms with Crippen molar-refractivity contribution in [2.75, 3.05) is 20.2 Å². The first-order chi connectivity index (χ1) is 15.8. The molecule has 0 aliphatic heterocycles. The highest BCUT2D eigenvalue weighted by Gasteiger charge is 2.25. The summed E-state index contributed by atoms with van der Waals surface area (Å²) in [5, 5.41) is 3.47. The molecule has 0 radical (unpaired) electrons. The molecule has 1 N–H and O–H groups in total. The zero-order valence-corrected chi connectivity index (χ0v) is 20.5. The van der Waals surface area contributed by atoms with E-state index in [1.165, 1.54) is 4.31 Å². The number of aryl methyl sites for hydroxylation is 1. The van der Waals surface area contributed by atoms with Crippen molar-refractivity contribution in [3.8, 4) is 5.75 Å². The summed E-state index contributed by atoms with van der Waals surface area (Å²) in [6.45, 7) is 6.87. The van der Waals surface area contributed by atoms with Crippen LogP contribution in [0.4, 0.5) is 0 Å². The Hall–Kier alpha value is -2.84. The molecule has 7 nitrogen and oxygen atoms in total. The second-order valence-corrected chi connectivity index (χ2v) is 9.85. The van der Waals surface area contributed by atoms with E-state index in [0.717, 1.165) is 24.8 Å². The van der Waals surface area contributed by atoms with Crippen LogP contribution in [0.25, 0.3) is 11.0 Å². The number of benzene rings is 2. The van der Waals surface area contributed by atoms with Gasteiger partial charge in [0.05, 0.1) is 12.0 Å². The van der Waals surface area contributed by atoms with Gasteiger partial charge in [0.1, 0.15) is 11.3 Å². The van der Waals surface area contributed by atoms with E-state index in [9.17, 15) is 13.2 Å². The molecule has 2 aromatic carbocycles. The molecule has 0 saturated heterocycles. The van der Waals surface area contributed by atoms with Gasteiger partial charge in [-0.15, -0.1) is 0 Å². The van der Waals surface area contributed by atoms with Gasteiger partial charge in [-0.05, 0) is 37.6 Å². The Bertz CT molecular complexity index is 1220. The Kier molecular flexibility index (Phi) is 8.15. The van der Waals surface area contributed by atoms with Gasteiger partial charge in [-0.25, -0.2) is 8.42 Å². The van der Waals surface area contributed by atoms with Gasteiger partial charge >= 0.3 is 0 Å². The largest absolute Gasteiger partial charge is 0.496 e. The molecule has 0 bridgehead atoms. The summed E-state index contributed by atoms with van der Waals surface area (Å²) in [6, 6.07) is 12.2. The highest BCUT2D eigenvalue weighted by atomic mass is 32.2. The number of unbranched alkanes of at least 4 members (excludes halogenated alkanes) is 2. The molecule has 8 heteroatoms. The number of ether oxygens (including phenoxy) is 1. The lowest BCUT2D eigenvalue weighted by molar-refractivity contribution is 0.0924. The van der Waals surface area contributed by atoms with Crippen molar-refractivity contribution in [1.82, 2.24) is 9.62 Å². The lowest BCUT2D eigenvalue weighted by Crippen LogP contribution is -2.31. The highest BCUT2D eigenvalue weighted by Crippen LogP contribution is 2.29. The predicted octanol–water partition coefficient (Wildman–Crippen LogP) is 4.88. The Morgan fingerprint density at radius 2 is 1.88 bits per heavy atom. The van der Waals surface area contributed by atoms with E-state index in [1.807, 2.05) is 31.2 Å². The number of fused-ring (bicyclic) bond motifs is 1. The van der Waals surface area contributed by atoms with Crippen LogP contribution in [0.3, 0.4) is 0 Å². The zero-order valence-electron chi connectivity index (χ0n) is 19.7. The molecule has 0 spiro atoms. The third-order valence-corrected chi connectivity index (χ3v) is 7.72. The van der Waals surface area contributed by atoms with Crippen molar-refractivity contribution in [2.24, 2.45) is 0 Å². The number of rotatable bonds is 11. The monoisotopic (exact) mass is 472 g/mol. The number of carbonyl (C=O) groups is 1. The molecule has 0 aliphatic rings. The smallest absolute Gasteiger partial charge is 0.287 e. The third kappa shape index (κ3) is 5.39. The summed E-state index contributed by atoms with van der Waals surface area (Å²) in [5.74, 6) is 0.492. The number of para-hydroxylation sites is 1. The van der Waals surface area contributed by atoms with Gasteiger partial charge in [0.2, 0.25) is 10.0 Å². The molecule has 0 fully saturated rings. The molecule has 1 aromatic heterocycles. The first-order valence-corrected chi connectivity index (χ1v) is 12.7. The van der Waals surface area contributed by atoms with Crippen LogP contribution >= 0.6 is 0 Å². The van der Waals surface area contributed by atoms with Crippen molar-refractivity contribution < 1.29 is 22.4 Å². The average Bonchev–Trinajstić information content (AvgIpc) is 3.16. The van der Waals surface area contributed by atoms with Crippen LogP contribution in [0.1, 0.15) is 54.8 Å². The quantitative estimate of drug-likeness (QED) is 0.402. The van der Waals surface area contributed by atoms with Crippen LogP contribution in [0.5, 0.6) is 5.75 Å². The highest BCUT2D eigenvalue weighted by molar-refractivity contribution is 7.89. The fourth-order valence-electron chi connectivity index (χ4n) is 3.82. The number of furan rings is 1. The topological polar surface area (TPSA) is 88.9 Å². The van der Waals surface area contributed by atoms with E-state index >= 15 is 0 Å². The SMILES string of the molecule is CCCCCN(CC)S(=O)(=O)c1ccc2oc(C(=O)NCc3ccccc3OC)c(C)c2c1. The third-order valence-electron chi connectivity index (χ3n) is 5.75. The lowest BCUT2D eigenvalue weighted by atomic mass is 10.1. The summed E-state index contributed by atoms with van der Waals surface area (Å²) >= 11 is 0. The second-order valence-electron chi connectivity index (χ2n) is 7.91. The van der Waals surface area contributed by atoms with E-state index in [0.29, 0.717) is 35.4 Å². The van der Waals surface area contributed by atoms with Crippen LogP contribution < -0.4 is 10.1 Å². The van der Waals surface area contributed by atoms with Crippen molar-refractivity contribution in [3.63, 3.8) is 0 Å². The van der Waals surface area contributed by atoms with Crippen LogP contribution in [-0.2, 0) is 16.6 Å².